The van der Waals surface area contributed by atoms with Crippen molar-refractivity contribution in [1.82, 2.24) is 9.78 Å². The first-order valence-corrected chi connectivity index (χ1v) is 7.72. The van der Waals surface area contributed by atoms with Crippen molar-refractivity contribution in [3.63, 3.8) is 0 Å². The summed E-state index contributed by atoms with van der Waals surface area (Å²) in [5.41, 5.74) is 3.30. The van der Waals surface area contributed by atoms with E-state index >= 15 is 0 Å². The summed E-state index contributed by atoms with van der Waals surface area (Å²) in [7, 11) is 0. The number of nitrogens with zero attached hydrogens (tertiary/aromatic N) is 2. The third kappa shape index (κ3) is 3.31. The van der Waals surface area contributed by atoms with Crippen molar-refractivity contribution < 1.29 is 9.18 Å². The van der Waals surface area contributed by atoms with E-state index in [0.29, 0.717) is 5.56 Å². The molecule has 0 atom stereocenters. The fourth-order valence-electron chi connectivity index (χ4n) is 2.43. The zero-order chi connectivity index (χ0) is 17.3. The molecule has 24 heavy (non-hydrogen) atoms. The number of anilines is 1. The van der Waals surface area contributed by atoms with Crippen LogP contribution in [0, 0.1) is 19.7 Å². The van der Waals surface area contributed by atoms with Gasteiger partial charge in [0.1, 0.15) is 5.82 Å². The Hall–Kier alpha value is -2.66. The number of carbonyl (C=O) groups excluding carboxylic acids is 1. The molecule has 0 aliphatic rings. The first-order chi connectivity index (χ1) is 11.4. The van der Waals surface area contributed by atoms with Gasteiger partial charge in [-0.3, -0.25) is 4.79 Å². The Morgan fingerprint density at radius 1 is 1.12 bits per heavy atom. The second-order valence-corrected chi connectivity index (χ2v) is 5.90. The molecule has 1 heterocycles. The lowest BCUT2D eigenvalue weighted by Gasteiger charge is -2.08. The number of hydrogen-bond acceptors (Lipinski definition) is 2. The molecule has 0 bridgehead atoms. The van der Waals surface area contributed by atoms with Crippen LogP contribution in [0.25, 0.3) is 5.69 Å². The van der Waals surface area contributed by atoms with E-state index in [1.54, 1.807) is 28.9 Å². The molecule has 4 nitrogen and oxygen atoms in total. The van der Waals surface area contributed by atoms with Gasteiger partial charge in [-0.2, -0.15) is 5.10 Å². The highest BCUT2D eigenvalue weighted by atomic mass is 35.5. The topological polar surface area (TPSA) is 46.9 Å². The SMILES string of the molecule is Cc1cc(C)n(-c2ccc(C(=O)Nc3ccc(Cl)cc3F)cc2)n1. The second-order valence-electron chi connectivity index (χ2n) is 5.46. The number of nitrogens with one attached hydrogen (secondary N) is 1. The van der Waals surface area contributed by atoms with Gasteiger partial charge in [-0.1, -0.05) is 11.6 Å². The van der Waals surface area contributed by atoms with Gasteiger partial charge in [0.05, 0.1) is 17.1 Å². The van der Waals surface area contributed by atoms with Gasteiger partial charge in [0, 0.05) is 16.3 Å². The second kappa shape index (κ2) is 6.45. The number of rotatable bonds is 3. The molecule has 0 saturated carbocycles. The quantitative estimate of drug-likeness (QED) is 0.759. The number of aromatic nitrogens is 2. The van der Waals surface area contributed by atoms with Crippen LogP contribution in [0.2, 0.25) is 5.02 Å². The standard InChI is InChI=1S/C18H15ClFN3O/c1-11-9-12(2)23(22-11)15-6-3-13(4-7-15)18(24)21-17-8-5-14(19)10-16(17)20/h3-10H,1-2H3,(H,21,24). The number of halogens is 2. The predicted molar refractivity (Wildman–Crippen MR) is 92.4 cm³/mol. The Morgan fingerprint density at radius 2 is 1.83 bits per heavy atom. The van der Waals surface area contributed by atoms with Crippen molar-refractivity contribution in [3.05, 3.63) is 76.3 Å². The van der Waals surface area contributed by atoms with Gasteiger partial charge in [0.15, 0.2) is 0 Å². The van der Waals surface area contributed by atoms with E-state index in [-0.39, 0.29) is 10.7 Å². The van der Waals surface area contributed by atoms with Crippen molar-refractivity contribution in [2.45, 2.75) is 13.8 Å². The maximum Gasteiger partial charge on any atom is 0.255 e. The molecule has 0 fully saturated rings. The van der Waals surface area contributed by atoms with Crippen LogP contribution in [0.15, 0.2) is 48.5 Å². The number of hydrogen-bond donors (Lipinski definition) is 1. The molecule has 0 unspecified atom stereocenters. The van der Waals surface area contributed by atoms with E-state index in [2.05, 4.69) is 10.4 Å². The molecule has 0 radical (unpaired) electrons. The summed E-state index contributed by atoms with van der Waals surface area (Å²) in [6, 6.07) is 13.0. The van der Waals surface area contributed by atoms with Gasteiger partial charge in [-0.25, -0.2) is 9.07 Å². The number of carbonyl (C=O) groups is 1. The van der Waals surface area contributed by atoms with E-state index in [1.807, 2.05) is 19.9 Å². The van der Waals surface area contributed by atoms with E-state index in [9.17, 15) is 9.18 Å². The fourth-order valence-corrected chi connectivity index (χ4v) is 2.59. The van der Waals surface area contributed by atoms with E-state index in [1.165, 1.54) is 12.1 Å². The smallest absolute Gasteiger partial charge is 0.255 e. The van der Waals surface area contributed by atoms with Gasteiger partial charge in [-0.15, -0.1) is 0 Å². The van der Waals surface area contributed by atoms with Gasteiger partial charge in [0.25, 0.3) is 5.91 Å². The highest BCUT2D eigenvalue weighted by Crippen LogP contribution is 2.20. The lowest BCUT2D eigenvalue weighted by atomic mass is 10.2. The van der Waals surface area contributed by atoms with Crippen molar-refractivity contribution in [2.24, 2.45) is 0 Å². The molecule has 2 aromatic carbocycles. The maximum atomic E-state index is 13.7. The van der Waals surface area contributed by atoms with Crippen molar-refractivity contribution in [3.8, 4) is 5.69 Å². The summed E-state index contributed by atoms with van der Waals surface area (Å²) in [5, 5.41) is 7.21. The maximum absolute atomic E-state index is 13.7. The third-order valence-electron chi connectivity index (χ3n) is 3.56. The van der Waals surface area contributed by atoms with Crippen LogP contribution in [-0.2, 0) is 0 Å². The molecule has 3 rings (SSSR count). The van der Waals surface area contributed by atoms with Gasteiger partial charge >= 0.3 is 0 Å². The normalized spacial score (nSPS) is 10.7. The highest BCUT2D eigenvalue weighted by Gasteiger charge is 2.11. The Bertz CT molecular complexity index is 903. The number of aryl methyl sites for hydroxylation is 2. The molecule has 0 aliphatic heterocycles. The Morgan fingerprint density at radius 3 is 2.42 bits per heavy atom. The summed E-state index contributed by atoms with van der Waals surface area (Å²) < 4.78 is 15.5. The van der Waals surface area contributed by atoms with Gasteiger partial charge in [0.2, 0.25) is 0 Å². The van der Waals surface area contributed by atoms with Crippen LogP contribution in [0.1, 0.15) is 21.7 Å². The van der Waals surface area contributed by atoms with Crippen LogP contribution in [0.4, 0.5) is 10.1 Å². The molecule has 0 spiro atoms. The zero-order valence-electron chi connectivity index (χ0n) is 13.2. The monoisotopic (exact) mass is 343 g/mol. The minimum atomic E-state index is -0.574. The van der Waals surface area contributed by atoms with E-state index in [0.717, 1.165) is 23.1 Å². The summed E-state index contributed by atoms with van der Waals surface area (Å²) in [5.74, 6) is -0.966. The average molecular weight is 344 g/mol. The Labute approximate surface area is 143 Å². The van der Waals surface area contributed by atoms with Crippen molar-refractivity contribution in [1.29, 1.82) is 0 Å². The molecule has 1 N–H and O–H groups in total. The van der Waals surface area contributed by atoms with Crippen LogP contribution >= 0.6 is 11.6 Å². The number of amides is 1. The van der Waals surface area contributed by atoms with Crippen LogP contribution < -0.4 is 5.32 Å². The summed E-state index contributed by atoms with van der Waals surface area (Å²) in [6.45, 7) is 3.88. The lowest BCUT2D eigenvalue weighted by Crippen LogP contribution is -2.13. The first kappa shape index (κ1) is 16.2. The molecular formula is C18H15ClFN3O. The van der Waals surface area contributed by atoms with Gasteiger partial charge < -0.3 is 5.32 Å². The molecule has 3 aromatic rings. The molecule has 1 aromatic heterocycles. The zero-order valence-corrected chi connectivity index (χ0v) is 13.9. The Balaban J connectivity index is 1.80. The minimum absolute atomic E-state index is 0.0898. The molecule has 0 saturated heterocycles. The fraction of sp³-hybridized carbons (Fsp3) is 0.111. The highest BCUT2D eigenvalue weighted by molar-refractivity contribution is 6.30. The molecule has 1 amide bonds. The average Bonchev–Trinajstić information content (AvgIpc) is 2.88. The Kier molecular flexibility index (Phi) is 4.36. The van der Waals surface area contributed by atoms with Crippen LogP contribution in [-0.4, -0.2) is 15.7 Å². The first-order valence-electron chi connectivity index (χ1n) is 7.34. The summed E-state index contributed by atoms with van der Waals surface area (Å²) in [4.78, 5) is 12.2. The van der Waals surface area contributed by atoms with E-state index in [4.69, 9.17) is 11.6 Å². The summed E-state index contributed by atoms with van der Waals surface area (Å²) >= 11 is 5.70. The molecular weight excluding hydrogens is 329 g/mol. The largest absolute Gasteiger partial charge is 0.319 e. The van der Waals surface area contributed by atoms with E-state index < -0.39 is 11.7 Å². The van der Waals surface area contributed by atoms with Crippen molar-refractivity contribution >= 4 is 23.2 Å². The van der Waals surface area contributed by atoms with Crippen LogP contribution in [0.5, 0.6) is 0 Å². The minimum Gasteiger partial charge on any atom is -0.319 e. The van der Waals surface area contributed by atoms with Crippen molar-refractivity contribution in [2.75, 3.05) is 5.32 Å². The predicted octanol–water partition coefficient (Wildman–Crippen LogP) is 4.53. The van der Waals surface area contributed by atoms with Gasteiger partial charge in [-0.05, 0) is 62.4 Å². The molecule has 122 valence electrons. The lowest BCUT2D eigenvalue weighted by molar-refractivity contribution is 0.102. The molecule has 0 aliphatic carbocycles. The number of benzene rings is 2. The third-order valence-corrected chi connectivity index (χ3v) is 3.80. The molecule has 6 heteroatoms. The summed E-state index contributed by atoms with van der Waals surface area (Å²) in [6.07, 6.45) is 0. The van der Waals surface area contributed by atoms with Crippen LogP contribution in [0.3, 0.4) is 0 Å².